The van der Waals surface area contributed by atoms with E-state index in [9.17, 15) is 19.2 Å². The first-order valence-electron chi connectivity index (χ1n) is 8.27. The molecule has 1 aromatic rings. The van der Waals surface area contributed by atoms with Crippen molar-refractivity contribution in [2.45, 2.75) is 32.4 Å². The van der Waals surface area contributed by atoms with Gasteiger partial charge in [-0.25, -0.2) is 0 Å². The molecule has 0 aliphatic carbocycles. The Bertz CT molecular complexity index is 727. The van der Waals surface area contributed by atoms with Crippen molar-refractivity contribution in [2.24, 2.45) is 0 Å². The zero-order valence-electron chi connectivity index (χ0n) is 13.9. The van der Waals surface area contributed by atoms with Crippen molar-refractivity contribution in [3.05, 3.63) is 35.4 Å². The molecule has 132 valence electrons. The van der Waals surface area contributed by atoms with Gasteiger partial charge in [0.05, 0.1) is 0 Å². The van der Waals surface area contributed by atoms with Crippen LogP contribution < -0.4 is 10.9 Å². The summed E-state index contributed by atoms with van der Waals surface area (Å²) >= 11 is 0. The molecule has 3 rings (SSSR count). The van der Waals surface area contributed by atoms with Crippen molar-refractivity contribution in [1.82, 2.24) is 20.7 Å². The number of carbonyl (C=O) groups excluding carboxylic acids is 4. The molecule has 0 unspecified atom stereocenters. The van der Waals surface area contributed by atoms with Gasteiger partial charge in [0.15, 0.2) is 0 Å². The molecular weight excluding hydrogens is 324 g/mol. The van der Waals surface area contributed by atoms with Crippen LogP contribution >= 0.6 is 0 Å². The van der Waals surface area contributed by atoms with Gasteiger partial charge in [-0.1, -0.05) is 18.2 Å². The summed E-state index contributed by atoms with van der Waals surface area (Å²) in [5.74, 6) is -2.31. The van der Waals surface area contributed by atoms with Crippen LogP contribution in [-0.4, -0.2) is 52.6 Å². The number of likely N-dealkylation sites (tertiary alicyclic amines) is 1. The number of hydrogen-bond donors (Lipinski definition) is 2. The highest BCUT2D eigenvalue weighted by molar-refractivity contribution is 6.35. The van der Waals surface area contributed by atoms with E-state index in [1.54, 1.807) is 19.1 Å². The number of rotatable bonds is 2. The summed E-state index contributed by atoms with van der Waals surface area (Å²) in [6.45, 7) is 3.02. The molecular formula is C17H20N4O4. The van der Waals surface area contributed by atoms with Gasteiger partial charge in [-0.3, -0.25) is 30.0 Å². The second kappa shape index (κ2) is 6.92. The predicted molar refractivity (Wildman–Crippen MR) is 87.9 cm³/mol. The molecule has 2 heterocycles. The molecule has 0 bridgehead atoms. The number of nitrogens with zero attached hydrogens (tertiary/aromatic N) is 2. The first-order chi connectivity index (χ1) is 12.0. The topological polar surface area (TPSA) is 98.8 Å². The van der Waals surface area contributed by atoms with Crippen LogP contribution in [0.25, 0.3) is 0 Å². The Morgan fingerprint density at radius 2 is 1.76 bits per heavy atom. The Morgan fingerprint density at radius 1 is 1.08 bits per heavy atom. The third kappa shape index (κ3) is 3.33. The predicted octanol–water partition coefficient (Wildman–Crippen LogP) is -0.199. The lowest BCUT2D eigenvalue weighted by Crippen LogP contribution is -2.54. The summed E-state index contributed by atoms with van der Waals surface area (Å²) in [5, 5.41) is 0. The zero-order valence-corrected chi connectivity index (χ0v) is 13.9. The minimum absolute atomic E-state index is 0.224. The summed E-state index contributed by atoms with van der Waals surface area (Å²) in [6.07, 6.45) is 1.75. The summed E-state index contributed by atoms with van der Waals surface area (Å²) in [6, 6.07) is 6.40. The van der Waals surface area contributed by atoms with E-state index in [0.29, 0.717) is 25.2 Å². The maximum Gasteiger partial charge on any atom is 0.327 e. The number of benzene rings is 1. The Balaban J connectivity index is 1.54. The standard InChI is InChI=1S/C17H20N4O4/c1-11(21-10-12-6-2-3-7-13(12)16(21)24)14(22)18-19-15(23)17(25)20-8-4-5-9-20/h2-3,6-7,11H,4-5,8-10H2,1H3,(H,18,22)(H,19,23)/t11-/m1/s1. The van der Waals surface area contributed by atoms with Gasteiger partial charge in [0, 0.05) is 25.2 Å². The molecule has 1 saturated heterocycles. The van der Waals surface area contributed by atoms with E-state index in [1.165, 1.54) is 9.80 Å². The maximum absolute atomic E-state index is 12.4. The smallest absolute Gasteiger partial charge is 0.327 e. The Labute approximate surface area is 145 Å². The van der Waals surface area contributed by atoms with Gasteiger partial charge < -0.3 is 9.80 Å². The maximum atomic E-state index is 12.4. The van der Waals surface area contributed by atoms with Crippen LogP contribution in [0.15, 0.2) is 24.3 Å². The van der Waals surface area contributed by atoms with Crippen LogP contribution in [0.1, 0.15) is 35.7 Å². The van der Waals surface area contributed by atoms with E-state index in [-0.39, 0.29) is 5.91 Å². The van der Waals surface area contributed by atoms with Gasteiger partial charge in [0.2, 0.25) is 0 Å². The Morgan fingerprint density at radius 3 is 2.44 bits per heavy atom. The highest BCUT2D eigenvalue weighted by Gasteiger charge is 2.34. The van der Waals surface area contributed by atoms with Gasteiger partial charge in [0.1, 0.15) is 6.04 Å². The van der Waals surface area contributed by atoms with Crippen molar-refractivity contribution in [3.8, 4) is 0 Å². The molecule has 25 heavy (non-hydrogen) atoms. The van der Waals surface area contributed by atoms with Crippen molar-refractivity contribution in [3.63, 3.8) is 0 Å². The fourth-order valence-corrected chi connectivity index (χ4v) is 3.07. The fourth-order valence-electron chi connectivity index (χ4n) is 3.07. The van der Waals surface area contributed by atoms with E-state index in [2.05, 4.69) is 10.9 Å². The molecule has 2 aliphatic heterocycles. The number of hydrazine groups is 1. The zero-order chi connectivity index (χ0) is 18.0. The molecule has 2 aliphatic rings. The van der Waals surface area contributed by atoms with E-state index in [4.69, 9.17) is 0 Å². The van der Waals surface area contributed by atoms with Crippen LogP contribution in [0.5, 0.6) is 0 Å². The molecule has 8 nitrogen and oxygen atoms in total. The number of fused-ring (bicyclic) bond motifs is 1. The largest absolute Gasteiger partial charge is 0.334 e. The van der Waals surface area contributed by atoms with E-state index in [1.807, 2.05) is 12.1 Å². The third-order valence-corrected chi connectivity index (χ3v) is 4.58. The summed E-state index contributed by atoms with van der Waals surface area (Å²) < 4.78 is 0. The van der Waals surface area contributed by atoms with Crippen molar-refractivity contribution >= 4 is 23.6 Å². The van der Waals surface area contributed by atoms with E-state index < -0.39 is 23.8 Å². The Hall–Kier alpha value is -2.90. The number of nitrogens with one attached hydrogen (secondary N) is 2. The van der Waals surface area contributed by atoms with Gasteiger partial charge in [-0.15, -0.1) is 0 Å². The molecule has 4 amide bonds. The highest BCUT2D eigenvalue weighted by atomic mass is 16.2. The van der Waals surface area contributed by atoms with Gasteiger partial charge in [-0.05, 0) is 31.4 Å². The van der Waals surface area contributed by atoms with Crippen LogP contribution in [0.3, 0.4) is 0 Å². The van der Waals surface area contributed by atoms with Gasteiger partial charge in [0.25, 0.3) is 11.8 Å². The quantitative estimate of drug-likeness (QED) is 0.573. The summed E-state index contributed by atoms with van der Waals surface area (Å²) in [4.78, 5) is 51.2. The van der Waals surface area contributed by atoms with Gasteiger partial charge in [-0.2, -0.15) is 0 Å². The molecule has 0 saturated carbocycles. The van der Waals surface area contributed by atoms with Gasteiger partial charge >= 0.3 is 11.8 Å². The molecule has 2 N–H and O–H groups in total. The number of hydrogen-bond acceptors (Lipinski definition) is 4. The lowest BCUT2D eigenvalue weighted by Gasteiger charge is -2.23. The lowest BCUT2D eigenvalue weighted by atomic mass is 10.1. The lowest BCUT2D eigenvalue weighted by molar-refractivity contribution is -0.146. The first kappa shape index (κ1) is 16.9. The van der Waals surface area contributed by atoms with Crippen LogP contribution in [0.2, 0.25) is 0 Å². The molecule has 1 fully saturated rings. The summed E-state index contributed by atoms with van der Waals surface area (Å²) in [7, 11) is 0. The number of carbonyl (C=O) groups is 4. The van der Waals surface area contributed by atoms with Crippen molar-refractivity contribution < 1.29 is 19.2 Å². The van der Waals surface area contributed by atoms with Crippen LogP contribution in [0, 0.1) is 0 Å². The molecule has 0 spiro atoms. The summed E-state index contributed by atoms with van der Waals surface area (Å²) in [5.41, 5.74) is 5.80. The second-order valence-corrected chi connectivity index (χ2v) is 6.21. The highest BCUT2D eigenvalue weighted by Crippen LogP contribution is 2.24. The fraction of sp³-hybridized carbons (Fsp3) is 0.412. The van der Waals surface area contributed by atoms with Crippen LogP contribution in [-0.2, 0) is 20.9 Å². The van der Waals surface area contributed by atoms with Crippen molar-refractivity contribution in [2.75, 3.05) is 13.1 Å². The molecule has 0 radical (unpaired) electrons. The average molecular weight is 344 g/mol. The molecule has 8 heteroatoms. The van der Waals surface area contributed by atoms with Crippen LogP contribution in [0.4, 0.5) is 0 Å². The monoisotopic (exact) mass is 344 g/mol. The molecule has 1 aromatic carbocycles. The normalized spacial score (nSPS) is 17.2. The van der Waals surface area contributed by atoms with E-state index in [0.717, 1.165) is 18.4 Å². The molecule has 0 aromatic heterocycles. The first-order valence-corrected chi connectivity index (χ1v) is 8.27. The van der Waals surface area contributed by atoms with E-state index >= 15 is 0 Å². The average Bonchev–Trinajstić information content (AvgIpc) is 3.27. The van der Waals surface area contributed by atoms with Crippen molar-refractivity contribution in [1.29, 1.82) is 0 Å². The minimum atomic E-state index is -0.876. The number of amides is 4. The SMILES string of the molecule is C[C@H](C(=O)NNC(=O)C(=O)N1CCCC1)N1Cc2ccccc2C1=O. The Kier molecular flexibility index (Phi) is 4.69. The second-order valence-electron chi connectivity index (χ2n) is 6.21. The third-order valence-electron chi connectivity index (χ3n) is 4.58. The minimum Gasteiger partial charge on any atom is -0.334 e. The molecule has 1 atom stereocenters.